The van der Waals surface area contributed by atoms with Gasteiger partial charge in [0.1, 0.15) is 11.4 Å². The molecule has 3 rings (SSSR count). The number of hydrogen-bond acceptors (Lipinski definition) is 4. The molecule has 1 saturated heterocycles. The van der Waals surface area contributed by atoms with Gasteiger partial charge in [-0.2, -0.15) is 0 Å². The molecule has 0 saturated carbocycles. The van der Waals surface area contributed by atoms with Crippen LogP contribution in [0.15, 0.2) is 24.3 Å². The number of likely N-dealkylation sites (tertiary alicyclic amines) is 1. The Balaban J connectivity index is 1.90. The molecule has 6 heteroatoms. The normalized spacial score (nSPS) is 16.6. The number of hydrogen-bond donors (Lipinski definition) is 1. The molecule has 6 nitrogen and oxygen atoms in total. The van der Waals surface area contributed by atoms with Crippen LogP contribution in [0.3, 0.4) is 0 Å². The van der Waals surface area contributed by atoms with Crippen molar-refractivity contribution < 1.29 is 19.1 Å². The van der Waals surface area contributed by atoms with Crippen LogP contribution >= 0.6 is 0 Å². The first-order valence-corrected chi connectivity index (χ1v) is 8.70. The van der Waals surface area contributed by atoms with Crippen LogP contribution in [-0.2, 0) is 4.74 Å². The number of H-pyrrole nitrogens is 1. The zero-order chi connectivity index (χ0) is 18.8. The molecule has 1 atom stereocenters. The number of aromatic nitrogens is 1. The molecule has 1 aliphatic heterocycles. The number of rotatable bonds is 4. The number of carbonyl (C=O) groups excluding carboxylic acids is 2. The number of esters is 1. The number of benzene rings is 1. The number of aromatic amines is 1. The minimum atomic E-state index is -0.427. The Morgan fingerprint density at radius 3 is 2.46 bits per heavy atom. The van der Waals surface area contributed by atoms with E-state index in [4.69, 9.17) is 9.47 Å². The Morgan fingerprint density at radius 2 is 1.85 bits per heavy atom. The molecule has 0 aliphatic carbocycles. The van der Waals surface area contributed by atoms with Crippen LogP contribution in [-0.4, -0.2) is 42.5 Å². The molecule has 26 heavy (non-hydrogen) atoms. The fourth-order valence-corrected chi connectivity index (χ4v) is 3.70. The Labute approximate surface area is 153 Å². The average molecular weight is 356 g/mol. The zero-order valence-corrected chi connectivity index (χ0v) is 15.6. The number of amides is 1. The largest absolute Gasteiger partial charge is 0.497 e. The average Bonchev–Trinajstić information content (AvgIpc) is 3.25. The molecule has 2 heterocycles. The first kappa shape index (κ1) is 18.0. The second-order valence-electron chi connectivity index (χ2n) is 6.55. The predicted octanol–water partition coefficient (Wildman–Crippen LogP) is 3.40. The van der Waals surface area contributed by atoms with Crippen LogP contribution in [0.1, 0.15) is 56.6 Å². The van der Waals surface area contributed by atoms with Gasteiger partial charge in [0, 0.05) is 12.2 Å². The van der Waals surface area contributed by atoms with Crippen LogP contribution in [0.4, 0.5) is 0 Å². The number of nitrogens with one attached hydrogen (secondary N) is 1. The summed E-state index contributed by atoms with van der Waals surface area (Å²) in [5, 5.41) is 0. The number of carbonyl (C=O) groups is 2. The van der Waals surface area contributed by atoms with E-state index in [-0.39, 0.29) is 11.9 Å². The summed E-state index contributed by atoms with van der Waals surface area (Å²) in [5.74, 6) is 0.283. The van der Waals surface area contributed by atoms with Crippen molar-refractivity contribution in [3.05, 3.63) is 52.3 Å². The lowest BCUT2D eigenvalue weighted by atomic mass is 10.0. The Kier molecular flexibility index (Phi) is 5.02. The zero-order valence-electron chi connectivity index (χ0n) is 15.6. The van der Waals surface area contributed by atoms with E-state index in [9.17, 15) is 9.59 Å². The van der Waals surface area contributed by atoms with Crippen molar-refractivity contribution >= 4 is 11.9 Å². The Bertz CT molecular complexity index is 823. The van der Waals surface area contributed by atoms with Gasteiger partial charge in [-0.15, -0.1) is 0 Å². The van der Waals surface area contributed by atoms with Crippen LogP contribution in [0, 0.1) is 13.8 Å². The summed E-state index contributed by atoms with van der Waals surface area (Å²) in [6, 6.07) is 7.85. The molecule has 1 fully saturated rings. The van der Waals surface area contributed by atoms with Crippen LogP contribution < -0.4 is 4.74 Å². The standard InChI is InChI=1S/C20H24N2O4/c1-12-17(20(24)26-4)13(2)21-18(12)19(23)22-11-5-6-16(22)14-7-9-15(25-3)10-8-14/h7-10,16,21H,5-6,11H2,1-4H3. The van der Waals surface area contributed by atoms with E-state index in [0.29, 0.717) is 29.1 Å². The summed E-state index contributed by atoms with van der Waals surface area (Å²) in [7, 11) is 2.98. The summed E-state index contributed by atoms with van der Waals surface area (Å²) in [6.45, 7) is 4.25. The van der Waals surface area contributed by atoms with E-state index in [1.807, 2.05) is 29.2 Å². The number of aryl methyl sites for hydroxylation is 1. The van der Waals surface area contributed by atoms with Crippen molar-refractivity contribution in [2.75, 3.05) is 20.8 Å². The number of ether oxygens (including phenoxy) is 2. The fraction of sp³-hybridized carbons (Fsp3) is 0.400. The summed E-state index contributed by atoms with van der Waals surface area (Å²) in [5.41, 5.74) is 3.28. The van der Waals surface area contributed by atoms with Crippen molar-refractivity contribution in [3.63, 3.8) is 0 Å². The topological polar surface area (TPSA) is 71.6 Å². The van der Waals surface area contributed by atoms with Crippen LogP contribution in [0.5, 0.6) is 5.75 Å². The van der Waals surface area contributed by atoms with Gasteiger partial charge in [-0.25, -0.2) is 4.79 Å². The monoisotopic (exact) mass is 356 g/mol. The molecule has 1 aromatic heterocycles. The maximum Gasteiger partial charge on any atom is 0.339 e. The Hall–Kier alpha value is -2.76. The molecule has 2 aromatic rings. The molecule has 0 spiro atoms. The quantitative estimate of drug-likeness (QED) is 0.852. The third-order valence-corrected chi connectivity index (χ3v) is 5.06. The predicted molar refractivity (Wildman–Crippen MR) is 97.6 cm³/mol. The molecule has 1 amide bonds. The lowest BCUT2D eigenvalue weighted by molar-refractivity contribution is 0.0599. The van der Waals surface area contributed by atoms with Crippen LogP contribution in [0.2, 0.25) is 0 Å². The molecule has 1 N–H and O–H groups in total. The minimum absolute atomic E-state index is 0.0259. The van der Waals surface area contributed by atoms with Gasteiger partial charge in [0.2, 0.25) is 0 Å². The summed E-state index contributed by atoms with van der Waals surface area (Å²) in [6.07, 6.45) is 1.87. The highest BCUT2D eigenvalue weighted by molar-refractivity contribution is 6.00. The van der Waals surface area contributed by atoms with Gasteiger partial charge < -0.3 is 19.4 Å². The molecular formula is C20H24N2O4. The lowest BCUT2D eigenvalue weighted by Gasteiger charge is -2.25. The summed E-state index contributed by atoms with van der Waals surface area (Å²) < 4.78 is 10.0. The van der Waals surface area contributed by atoms with Gasteiger partial charge in [0.25, 0.3) is 5.91 Å². The third kappa shape index (κ3) is 3.07. The summed E-state index contributed by atoms with van der Waals surface area (Å²) in [4.78, 5) is 30.1. The molecule has 1 aromatic carbocycles. The van der Waals surface area contributed by atoms with E-state index in [1.165, 1.54) is 7.11 Å². The Morgan fingerprint density at radius 1 is 1.15 bits per heavy atom. The van der Waals surface area contributed by atoms with Gasteiger partial charge in [-0.1, -0.05) is 12.1 Å². The van der Waals surface area contributed by atoms with E-state index in [0.717, 1.165) is 24.2 Å². The number of methoxy groups -OCH3 is 2. The van der Waals surface area contributed by atoms with Gasteiger partial charge in [-0.3, -0.25) is 4.79 Å². The van der Waals surface area contributed by atoms with Gasteiger partial charge in [-0.05, 0) is 49.9 Å². The second kappa shape index (κ2) is 7.23. The minimum Gasteiger partial charge on any atom is -0.497 e. The SMILES string of the molecule is COC(=O)c1c(C)[nH]c(C(=O)N2CCCC2c2ccc(OC)cc2)c1C. The lowest BCUT2D eigenvalue weighted by Crippen LogP contribution is -2.31. The van der Waals surface area contributed by atoms with E-state index in [2.05, 4.69) is 4.98 Å². The van der Waals surface area contributed by atoms with Gasteiger partial charge in [0.15, 0.2) is 0 Å². The highest BCUT2D eigenvalue weighted by Crippen LogP contribution is 2.34. The van der Waals surface area contributed by atoms with Crippen molar-refractivity contribution in [2.24, 2.45) is 0 Å². The van der Waals surface area contributed by atoms with E-state index in [1.54, 1.807) is 21.0 Å². The fourth-order valence-electron chi connectivity index (χ4n) is 3.70. The van der Waals surface area contributed by atoms with Gasteiger partial charge in [0.05, 0.1) is 25.8 Å². The van der Waals surface area contributed by atoms with E-state index >= 15 is 0 Å². The smallest absolute Gasteiger partial charge is 0.339 e. The first-order valence-electron chi connectivity index (χ1n) is 8.70. The molecular weight excluding hydrogens is 332 g/mol. The molecule has 0 bridgehead atoms. The number of nitrogens with zero attached hydrogens (tertiary/aromatic N) is 1. The van der Waals surface area contributed by atoms with Crippen molar-refractivity contribution in [2.45, 2.75) is 32.7 Å². The molecule has 138 valence electrons. The first-order chi connectivity index (χ1) is 12.5. The highest BCUT2D eigenvalue weighted by Gasteiger charge is 2.33. The van der Waals surface area contributed by atoms with Gasteiger partial charge >= 0.3 is 5.97 Å². The van der Waals surface area contributed by atoms with Crippen molar-refractivity contribution in [3.8, 4) is 5.75 Å². The molecule has 1 unspecified atom stereocenters. The third-order valence-electron chi connectivity index (χ3n) is 5.06. The van der Waals surface area contributed by atoms with Crippen molar-refractivity contribution in [1.29, 1.82) is 0 Å². The molecule has 0 radical (unpaired) electrons. The summed E-state index contributed by atoms with van der Waals surface area (Å²) >= 11 is 0. The maximum atomic E-state index is 13.2. The second-order valence-corrected chi connectivity index (χ2v) is 6.55. The van der Waals surface area contributed by atoms with Crippen LogP contribution in [0.25, 0.3) is 0 Å². The van der Waals surface area contributed by atoms with E-state index < -0.39 is 5.97 Å². The molecule has 1 aliphatic rings. The van der Waals surface area contributed by atoms with Crippen molar-refractivity contribution in [1.82, 2.24) is 9.88 Å². The highest BCUT2D eigenvalue weighted by atomic mass is 16.5. The maximum absolute atomic E-state index is 13.2.